The summed E-state index contributed by atoms with van der Waals surface area (Å²) in [5, 5.41) is 12.7. The minimum absolute atomic E-state index is 0.311. The van der Waals surface area contributed by atoms with Crippen LogP contribution in [0.4, 0.5) is 5.82 Å². The Balaban J connectivity index is 2.64. The van der Waals surface area contributed by atoms with Crippen LogP contribution in [-0.4, -0.2) is 34.8 Å². The van der Waals surface area contributed by atoms with Gasteiger partial charge >= 0.3 is 0 Å². The highest BCUT2D eigenvalue weighted by atomic mass is 35.5. The highest BCUT2D eigenvalue weighted by molar-refractivity contribution is 6.29. The van der Waals surface area contributed by atoms with E-state index in [1.54, 1.807) is 13.2 Å². The monoisotopic (exact) mass is 245 g/mol. The summed E-state index contributed by atoms with van der Waals surface area (Å²) in [6.45, 7) is 2.66. The molecule has 0 amide bonds. The molecule has 0 aromatic carbocycles. The van der Waals surface area contributed by atoms with Gasteiger partial charge < -0.3 is 15.2 Å². The van der Waals surface area contributed by atoms with Gasteiger partial charge in [0.1, 0.15) is 17.6 Å². The third-order valence-corrected chi connectivity index (χ3v) is 2.20. The molecule has 0 saturated heterocycles. The number of methoxy groups -OCH3 is 1. The SMILES string of the molecule is CCC(O)CNc1cc(Cl)nc(COC)n1. The molecule has 0 aliphatic rings. The van der Waals surface area contributed by atoms with E-state index in [0.717, 1.165) is 0 Å². The van der Waals surface area contributed by atoms with Crippen molar-refractivity contribution in [3.63, 3.8) is 0 Å². The highest BCUT2D eigenvalue weighted by Crippen LogP contribution is 2.12. The van der Waals surface area contributed by atoms with E-state index in [2.05, 4.69) is 15.3 Å². The standard InChI is InChI=1S/C10H16ClN3O2/c1-3-7(15)5-12-9-4-8(11)13-10(14-9)6-16-2/h4,7,15H,3,5-6H2,1-2H3,(H,12,13,14). The van der Waals surface area contributed by atoms with Gasteiger partial charge in [0.15, 0.2) is 5.82 Å². The molecule has 0 saturated carbocycles. The summed E-state index contributed by atoms with van der Waals surface area (Å²) in [4.78, 5) is 8.18. The molecule has 16 heavy (non-hydrogen) atoms. The van der Waals surface area contributed by atoms with Crippen molar-refractivity contribution in [1.82, 2.24) is 9.97 Å². The van der Waals surface area contributed by atoms with Crippen LogP contribution in [-0.2, 0) is 11.3 Å². The average molecular weight is 246 g/mol. The second-order valence-corrected chi connectivity index (χ2v) is 3.76. The molecule has 90 valence electrons. The average Bonchev–Trinajstić information content (AvgIpc) is 2.25. The van der Waals surface area contributed by atoms with Crippen molar-refractivity contribution in [3.8, 4) is 0 Å². The van der Waals surface area contributed by atoms with Crippen LogP contribution in [0.3, 0.4) is 0 Å². The van der Waals surface area contributed by atoms with Crippen molar-refractivity contribution in [2.45, 2.75) is 26.1 Å². The molecule has 2 N–H and O–H groups in total. The minimum atomic E-state index is -0.389. The summed E-state index contributed by atoms with van der Waals surface area (Å²) in [5.41, 5.74) is 0. The zero-order valence-corrected chi connectivity index (χ0v) is 10.2. The van der Waals surface area contributed by atoms with Crippen LogP contribution in [0.5, 0.6) is 0 Å². The molecule has 0 aliphatic heterocycles. The molecule has 1 unspecified atom stereocenters. The summed E-state index contributed by atoms with van der Waals surface area (Å²) in [6.07, 6.45) is 0.302. The smallest absolute Gasteiger partial charge is 0.158 e. The minimum Gasteiger partial charge on any atom is -0.391 e. The molecule has 0 radical (unpaired) electrons. The maximum absolute atomic E-state index is 9.40. The Labute approximate surface area is 99.8 Å². The number of aromatic nitrogens is 2. The summed E-state index contributed by atoms with van der Waals surface area (Å²) in [6, 6.07) is 1.61. The molecule has 1 atom stereocenters. The van der Waals surface area contributed by atoms with Crippen LogP contribution in [0.1, 0.15) is 19.2 Å². The number of anilines is 1. The fourth-order valence-corrected chi connectivity index (χ4v) is 1.32. The number of nitrogens with one attached hydrogen (secondary N) is 1. The van der Waals surface area contributed by atoms with E-state index in [1.807, 2.05) is 6.92 Å². The maximum Gasteiger partial charge on any atom is 0.158 e. The molecule has 0 aliphatic carbocycles. The van der Waals surface area contributed by atoms with Crippen LogP contribution in [0, 0.1) is 0 Å². The van der Waals surface area contributed by atoms with Gasteiger partial charge in [-0.2, -0.15) is 0 Å². The first-order valence-electron chi connectivity index (χ1n) is 5.10. The number of hydrogen-bond donors (Lipinski definition) is 2. The van der Waals surface area contributed by atoms with Crippen LogP contribution < -0.4 is 5.32 Å². The molecular formula is C10H16ClN3O2. The summed E-state index contributed by atoms with van der Waals surface area (Å²) in [5.74, 6) is 1.11. The van der Waals surface area contributed by atoms with E-state index >= 15 is 0 Å². The van der Waals surface area contributed by atoms with Crippen molar-refractivity contribution in [2.24, 2.45) is 0 Å². The topological polar surface area (TPSA) is 67.3 Å². The fourth-order valence-electron chi connectivity index (χ4n) is 1.12. The van der Waals surface area contributed by atoms with Crippen LogP contribution in [0.2, 0.25) is 5.15 Å². The van der Waals surface area contributed by atoms with Gasteiger partial charge in [-0.3, -0.25) is 0 Å². The molecule has 1 rings (SSSR count). The van der Waals surface area contributed by atoms with Gasteiger partial charge in [-0.05, 0) is 6.42 Å². The lowest BCUT2D eigenvalue weighted by Gasteiger charge is -2.10. The Kier molecular flexibility index (Phi) is 5.45. The Hall–Kier alpha value is -0.910. The molecule has 1 aromatic rings. The molecule has 5 nitrogen and oxygen atoms in total. The molecule has 0 spiro atoms. The predicted molar refractivity (Wildman–Crippen MR) is 62.5 cm³/mol. The maximum atomic E-state index is 9.40. The molecular weight excluding hydrogens is 230 g/mol. The molecule has 1 heterocycles. The Morgan fingerprint density at radius 3 is 2.94 bits per heavy atom. The summed E-state index contributed by atoms with van der Waals surface area (Å²) in [7, 11) is 1.57. The van der Waals surface area contributed by atoms with E-state index in [0.29, 0.717) is 36.4 Å². The van der Waals surface area contributed by atoms with E-state index in [-0.39, 0.29) is 6.10 Å². The van der Waals surface area contributed by atoms with Crippen molar-refractivity contribution < 1.29 is 9.84 Å². The lowest BCUT2D eigenvalue weighted by Crippen LogP contribution is -2.19. The number of nitrogens with zero attached hydrogens (tertiary/aromatic N) is 2. The van der Waals surface area contributed by atoms with Gasteiger partial charge in [-0.1, -0.05) is 18.5 Å². The zero-order chi connectivity index (χ0) is 12.0. The normalized spacial score (nSPS) is 12.5. The van der Waals surface area contributed by atoms with E-state index in [1.165, 1.54) is 0 Å². The number of rotatable bonds is 6. The van der Waals surface area contributed by atoms with Crippen molar-refractivity contribution >= 4 is 17.4 Å². The Morgan fingerprint density at radius 2 is 2.31 bits per heavy atom. The summed E-state index contributed by atoms with van der Waals surface area (Å²) >= 11 is 5.83. The Bertz CT molecular complexity index is 336. The molecule has 0 fully saturated rings. The Morgan fingerprint density at radius 1 is 1.56 bits per heavy atom. The lowest BCUT2D eigenvalue weighted by atomic mass is 10.3. The largest absolute Gasteiger partial charge is 0.391 e. The first-order chi connectivity index (χ1) is 7.65. The third kappa shape index (κ3) is 4.30. The second kappa shape index (κ2) is 6.62. The third-order valence-electron chi connectivity index (χ3n) is 2.00. The number of aliphatic hydroxyl groups is 1. The van der Waals surface area contributed by atoms with Gasteiger partial charge in [0.05, 0.1) is 6.10 Å². The lowest BCUT2D eigenvalue weighted by molar-refractivity contribution is 0.177. The highest BCUT2D eigenvalue weighted by Gasteiger charge is 2.05. The van der Waals surface area contributed by atoms with Gasteiger partial charge in [0.25, 0.3) is 0 Å². The first kappa shape index (κ1) is 13.2. The van der Waals surface area contributed by atoms with Crippen molar-refractivity contribution in [3.05, 3.63) is 17.0 Å². The van der Waals surface area contributed by atoms with Gasteiger partial charge in [-0.15, -0.1) is 0 Å². The van der Waals surface area contributed by atoms with Crippen LogP contribution >= 0.6 is 11.6 Å². The molecule has 1 aromatic heterocycles. The summed E-state index contributed by atoms with van der Waals surface area (Å²) < 4.78 is 4.92. The van der Waals surface area contributed by atoms with E-state index < -0.39 is 0 Å². The van der Waals surface area contributed by atoms with E-state index in [4.69, 9.17) is 16.3 Å². The number of halogens is 1. The quantitative estimate of drug-likeness (QED) is 0.743. The van der Waals surface area contributed by atoms with Gasteiger partial charge in [0, 0.05) is 19.7 Å². The van der Waals surface area contributed by atoms with Crippen LogP contribution in [0.25, 0.3) is 0 Å². The van der Waals surface area contributed by atoms with Gasteiger partial charge in [0.2, 0.25) is 0 Å². The predicted octanol–water partition coefficient (Wildman–Crippen LogP) is 1.46. The number of hydrogen-bond acceptors (Lipinski definition) is 5. The van der Waals surface area contributed by atoms with Crippen molar-refractivity contribution in [2.75, 3.05) is 19.0 Å². The second-order valence-electron chi connectivity index (χ2n) is 3.37. The van der Waals surface area contributed by atoms with Gasteiger partial charge in [-0.25, -0.2) is 9.97 Å². The molecule has 0 bridgehead atoms. The molecule has 6 heteroatoms. The fraction of sp³-hybridized carbons (Fsp3) is 0.600. The first-order valence-corrected chi connectivity index (χ1v) is 5.47. The van der Waals surface area contributed by atoms with Crippen LogP contribution in [0.15, 0.2) is 6.07 Å². The number of ether oxygens (including phenoxy) is 1. The van der Waals surface area contributed by atoms with Crippen molar-refractivity contribution in [1.29, 1.82) is 0 Å². The van der Waals surface area contributed by atoms with E-state index in [9.17, 15) is 5.11 Å². The zero-order valence-electron chi connectivity index (χ0n) is 9.40. The number of aliphatic hydroxyl groups excluding tert-OH is 1.